The van der Waals surface area contributed by atoms with Gasteiger partial charge in [-0.3, -0.25) is 4.79 Å². The summed E-state index contributed by atoms with van der Waals surface area (Å²) >= 11 is 7.51. The van der Waals surface area contributed by atoms with Crippen LogP contribution in [0.1, 0.15) is 38.9 Å². The minimum Gasteiger partial charge on any atom is -0.397 e. The van der Waals surface area contributed by atoms with Gasteiger partial charge in [0.25, 0.3) is 5.91 Å². The molecule has 1 unspecified atom stereocenters. The summed E-state index contributed by atoms with van der Waals surface area (Å²) in [6.07, 6.45) is 0. The summed E-state index contributed by atoms with van der Waals surface area (Å²) < 4.78 is 0. The highest BCUT2D eigenvalue weighted by Gasteiger charge is 2.18. The Morgan fingerprint density at radius 1 is 1.45 bits per heavy atom. The topological polar surface area (TPSA) is 68.0 Å². The Kier molecular flexibility index (Phi) is 4.30. The second-order valence-electron chi connectivity index (χ2n) is 4.58. The summed E-state index contributed by atoms with van der Waals surface area (Å²) in [5.41, 5.74) is 7.47. The Labute approximate surface area is 127 Å². The van der Waals surface area contributed by atoms with Crippen LogP contribution in [0.3, 0.4) is 0 Å². The number of hydrogen-bond acceptors (Lipinski definition) is 4. The van der Waals surface area contributed by atoms with Gasteiger partial charge in [0.1, 0.15) is 0 Å². The van der Waals surface area contributed by atoms with Crippen molar-refractivity contribution in [3.8, 4) is 0 Å². The van der Waals surface area contributed by atoms with E-state index < -0.39 is 0 Å². The Hall–Kier alpha value is -1.59. The van der Waals surface area contributed by atoms with Gasteiger partial charge in [0.05, 0.1) is 33.0 Å². The molecule has 20 heavy (non-hydrogen) atoms. The quantitative estimate of drug-likeness (QED) is 0.853. The van der Waals surface area contributed by atoms with Crippen molar-refractivity contribution in [2.75, 3.05) is 5.73 Å². The van der Waals surface area contributed by atoms with Crippen LogP contribution in [-0.2, 0) is 0 Å². The maximum absolute atomic E-state index is 12.3. The number of carbonyl (C=O) groups excluding carboxylic acids is 1. The Bertz CT molecular complexity index is 654. The van der Waals surface area contributed by atoms with Crippen molar-refractivity contribution in [3.63, 3.8) is 0 Å². The number of halogens is 1. The molecule has 106 valence electrons. The molecular weight excluding hydrogens is 294 g/mol. The molecule has 0 fully saturated rings. The van der Waals surface area contributed by atoms with Crippen LogP contribution in [-0.4, -0.2) is 10.9 Å². The van der Waals surface area contributed by atoms with Crippen molar-refractivity contribution < 1.29 is 4.79 Å². The van der Waals surface area contributed by atoms with Crippen LogP contribution < -0.4 is 11.1 Å². The predicted octanol–water partition coefficient (Wildman–Crippen LogP) is 3.49. The molecule has 3 N–H and O–H groups in total. The number of nitrogens with one attached hydrogen (secondary N) is 1. The molecule has 0 spiro atoms. The Balaban J connectivity index is 2.19. The fourth-order valence-corrected chi connectivity index (χ4v) is 3.13. The molecule has 0 bridgehead atoms. The van der Waals surface area contributed by atoms with Crippen molar-refractivity contribution in [3.05, 3.63) is 44.4 Å². The number of nitrogens with zero attached hydrogens (tertiary/aromatic N) is 1. The molecule has 0 aliphatic rings. The molecule has 1 heterocycles. The molecule has 0 radical (unpaired) electrons. The number of nitrogens with two attached hydrogens (primary N) is 1. The molecule has 0 saturated carbocycles. The van der Waals surface area contributed by atoms with E-state index in [0.29, 0.717) is 16.3 Å². The lowest BCUT2D eigenvalue weighted by Gasteiger charge is -2.14. The number of aryl methyl sites for hydroxylation is 2. The summed E-state index contributed by atoms with van der Waals surface area (Å²) in [4.78, 5) is 17.7. The largest absolute Gasteiger partial charge is 0.397 e. The van der Waals surface area contributed by atoms with Crippen molar-refractivity contribution in [1.82, 2.24) is 10.3 Å². The average molecular weight is 310 g/mol. The highest BCUT2D eigenvalue weighted by Crippen LogP contribution is 2.26. The van der Waals surface area contributed by atoms with Crippen molar-refractivity contribution in [1.29, 1.82) is 0 Å². The molecule has 1 atom stereocenters. The van der Waals surface area contributed by atoms with Gasteiger partial charge in [-0.25, -0.2) is 4.98 Å². The minimum absolute atomic E-state index is 0.118. The van der Waals surface area contributed by atoms with Gasteiger partial charge in [0.2, 0.25) is 0 Å². The first-order chi connectivity index (χ1) is 9.40. The first kappa shape index (κ1) is 14.8. The van der Waals surface area contributed by atoms with Gasteiger partial charge >= 0.3 is 0 Å². The number of thiazole rings is 1. The van der Waals surface area contributed by atoms with Gasteiger partial charge in [-0.15, -0.1) is 11.3 Å². The van der Waals surface area contributed by atoms with E-state index in [2.05, 4.69) is 10.3 Å². The number of amides is 1. The van der Waals surface area contributed by atoms with E-state index in [0.717, 1.165) is 15.6 Å². The van der Waals surface area contributed by atoms with Gasteiger partial charge in [-0.05, 0) is 32.9 Å². The molecule has 1 aromatic heterocycles. The van der Waals surface area contributed by atoms with Crippen molar-refractivity contribution in [2.24, 2.45) is 0 Å². The number of anilines is 1. The Morgan fingerprint density at radius 2 is 2.15 bits per heavy atom. The summed E-state index contributed by atoms with van der Waals surface area (Å²) in [6.45, 7) is 5.82. The zero-order chi connectivity index (χ0) is 14.9. The van der Waals surface area contributed by atoms with Crippen LogP contribution in [0.25, 0.3) is 0 Å². The molecule has 1 aromatic carbocycles. The second kappa shape index (κ2) is 5.81. The first-order valence-corrected chi connectivity index (χ1v) is 7.38. The molecule has 0 aliphatic carbocycles. The molecule has 4 nitrogen and oxygen atoms in total. The van der Waals surface area contributed by atoms with E-state index in [4.69, 9.17) is 17.3 Å². The zero-order valence-electron chi connectivity index (χ0n) is 11.5. The number of hydrogen-bond donors (Lipinski definition) is 2. The van der Waals surface area contributed by atoms with Gasteiger partial charge in [-0.1, -0.05) is 17.7 Å². The fourth-order valence-electron chi connectivity index (χ4n) is 2.02. The monoisotopic (exact) mass is 309 g/mol. The third kappa shape index (κ3) is 2.94. The van der Waals surface area contributed by atoms with Crippen LogP contribution in [0, 0.1) is 13.8 Å². The maximum Gasteiger partial charge on any atom is 0.253 e. The predicted molar refractivity (Wildman–Crippen MR) is 83.3 cm³/mol. The number of para-hydroxylation sites is 1. The van der Waals surface area contributed by atoms with Crippen LogP contribution in [0.5, 0.6) is 0 Å². The van der Waals surface area contributed by atoms with Crippen LogP contribution in [0.15, 0.2) is 18.2 Å². The van der Waals surface area contributed by atoms with Crippen molar-refractivity contribution >= 4 is 34.5 Å². The van der Waals surface area contributed by atoms with Gasteiger partial charge < -0.3 is 11.1 Å². The minimum atomic E-state index is -0.233. The molecule has 1 amide bonds. The SMILES string of the molecule is Cc1nc(C)c(C(C)NC(=O)c2cccc(Cl)c2N)s1. The van der Waals surface area contributed by atoms with Gasteiger partial charge in [0.15, 0.2) is 0 Å². The van der Waals surface area contributed by atoms with E-state index in [1.165, 1.54) is 0 Å². The van der Waals surface area contributed by atoms with Crippen LogP contribution in [0.2, 0.25) is 5.02 Å². The van der Waals surface area contributed by atoms with Crippen molar-refractivity contribution in [2.45, 2.75) is 26.8 Å². The molecule has 0 aliphatic heterocycles. The lowest BCUT2D eigenvalue weighted by molar-refractivity contribution is 0.0941. The smallest absolute Gasteiger partial charge is 0.253 e. The highest BCUT2D eigenvalue weighted by atomic mass is 35.5. The van der Waals surface area contributed by atoms with E-state index >= 15 is 0 Å². The number of rotatable bonds is 3. The number of carbonyl (C=O) groups is 1. The standard InChI is InChI=1S/C14H16ClN3OS/c1-7-13(20-9(3)17-7)8(2)18-14(19)10-5-4-6-11(15)12(10)16/h4-6,8H,16H2,1-3H3,(H,18,19). The lowest BCUT2D eigenvalue weighted by atomic mass is 10.1. The van der Waals surface area contributed by atoms with E-state index in [-0.39, 0.29) is 11.9 Å². The zero-order valence-corrected chi connectivity index (χ0v) is 13.1. The number of benzene rings is 1. The number of nitrogen functional groups attached to an aromatic ring is 1. The second-order valence-corrected chi connectivity index (χ2v) is 6.22. The normalized spacial score (nSPS) is 12.2. The number of aromatic nitrogens is 1. The first-order valence-electron chi connectivity index (χ1n) is 6.19. The molecule has 2 aromatic rings. The molecule has 2 rings (SSSR count). The Morgan fingerprint density at radius 3 is 2.75 bits per heavy atom. The van der Waals surface area contributed by atoms with Crippen LogP contribution in [0.4, 0.5) is 5.69 Å². The summed E-state index contributed by atoms with van der Waals surface area (Å²) in [5.74, 6) is -0.233. The molecule has 6 heteroatoms. The lowest BCUT2D eigenvalue weighted by Crippen LogP contribution is -2.27. The maximum atomic E-state index is 12.3. The van der Waals surface area contributed by atoms with Gasteiger partial charge in [0, 0.05) is 4.88 Å². The third-order valence-corrected chi connectivity index (χ3v) is 4.56. The highest BCUT2D eigenvalue weighted by molar-refractivity contribution is 7.11. The average Bonchev–Trinajstić information content (AvgIpc) is 2.71. The van der Waals surface area contributed by atoms with Crippen LogP contribution >= 0.6 is 22.9 Å². The van der Waals surface area contributed by atoms with Gasteiger partial charge in [-0.2, -0.15) is 0 Å². The molecular formula is C14H16ClN3OS. The fraction of sp³-hybridized carbons (Fsp3) is 0.286. The third-order valence-electron chi connectivity index (χ3n) is 2.98. The van der Waals surface area contributed by atoms with E-state index in [1.807, 2.05) is 20.8 Å². The van der Waals surface area contributed by atoms with E-state index in [9.17, 15) is 4.79 Å². The molecule has 0 saturated heterocycles. The van der Waals surface area contributed by atoms with E-state index in [1.54, 1.807) is 29.5 Å². The summed E-state index contributed by atoms with van der Waals surface area (Å²) in [5, 5.41) is 4.30. The summed E-state index contributed by atoms with van der Waals surface area (Å²) in [6, 6.07) is 4.91. The summed E-state index contributed by atoms with van der Waals surface area (Å²) in [7, 11) is 0.